The van der Waals surface area contributed by atoms with Crippen LogP contribution in [-0.4, -0.2) is 50.1 Å². The molecular weight excluding hydrogens is 418 g/mol. The fraction of sp³-hybridized carbons (Fsp3) is 0.250. The van der Waals surface area contributed by atoms with E-state index in [1.54, 1.807) is 34.2 Å². The van der Waals surface area contributed by atoms with E-state index in [2.05, 4.69) is 15.1 Å². The van der Waals surface area contributed by atoms with E-state index in [0.29, 0.717) is 42.5 Å². The maximum Gasteiger partial charge on any atom is 0.270 e. The summed E-state index contributed by atoms with van der Waals surface area (Å²) in [5, 5.41) is 10.7. The van der Waals surface area contributed by atoms with Gasteiger partial charge >= 0.3 is 0 Å². The first kappa shape index (κ1) is 19.5. The van der Waals surface area contributed by atoms with Crippen molar-refractivity contribution in [3.8, 4) is 11.4 Å². The number of carbonyl (C=O) groups is 1. The van der Waals surface area contributed by atoms with Crippen molar-refractivity contribution in [1.29, 1.82) is 0 Å². The van der Waals surface area contributed by atoms with Crippen LogP contribution in [0.3, 0.4) is 0 Å². The first-order valence-electron chi connectivity index (χ1n) is 9.72. The summed E-state index contributed by atoms with van der Waals surface area (Å²) < 4.78 is 27.5. The molecule has 0 radical (unpaired) electrons. The Kier molecular flexibility index (Phi) is 4.27. The highest BCUT2D eigenvalue weighted by atomic mass is 32.2. The zero-order chi connectivity index (χ0) is 21.9. The van der Waals surface area contributed by atoms with Gasteiger partial charge in [-0.2, -0.15) is 5.10 Å². The quantitative estimate of drug-likeness (QED) is 0.498. The minimum atomic E-state index is -4.01. The fourth-order valence-corrected chi connectivity index (χ4v) is 4.74. The monoisotopic (exact) mass is 439 g/mol. The Hall–Kier alpha value is -3.44. The van der Waals surface area contributed by atoms with Gasteiger partial charge in [-0.05, 0) is 25.1 Å². The first-order valence-corrected chi connectivity index (χ1v) is 11.3. The Balaban J connectivity index is 1.47. The van der Waals surface area contributed by atoms with E-state index in [-0.39, 0.29) is 10.9 Å². The van der Waals surface area contributed by atoms with Gasteiger partial charge in [-0.15, -0.1) is 0 Å². The van der Waals surface area contributed by atoms with Crippen LogP contribution in [0.25, 0.3) is 22.3 Å². The summed E-state index contributed by atoms with van der Waals surface area (Å²) >= 11 is 0. The molecule has 0 fully saturated rings. The summed E-state index contributed by atoms with van der Waals surface area (Å²) in [4.78, 5) is 22.1. The third-order valence-electron chi connectivity index (χ3n) is 5.64. The zero-order valence-electron chi connectivity index (χ0n) is 17.0. The number of imidazole rings is 1. The van der Waals surface area contributed by atoms with Gasteiger partial charge in [0.25, 0.3) is 15.9 Å². The minimum absolute atomic E-state index is 0.0909. The van der Waals surface area contributed by atoms with E-state index >= 15 is 0 Å². The van der Waals surface area contributed by atoms with Gasteiger partial charge in [0.05, 0.1) is 18.8 Å². The van der Waals surface area contributed by atoms with Crippen molar-refractivity contribution >= 4 is 26.8 Å². The Labute approximate surface area is 178 Å². The summed E-state index contributed by atoms with van der Waals surface area (Å²) in [7, 11) is -2.29. The summed E-state index contributed by atoms with van der Waals surface area (Å²) in [6.45, 7) is 3.06. The van der Waals surface area contributed by atoms with Crippen LogP contribution in [0.15, 0.2) is 41.4 Å². The Bertz CT molecular complexity index is 1410. The number of nitrogens with two attached hydrogens (primary N) is 1. The molecule has 4 heterocycles. The van der Waals surface area contributed by atoms with Crippen LogP contribution in [0.1, 0.15) is 22.0 Å². The van der Waals surface area contributed by atoms with Crippen LogP contribution in [0, 0.1) is 6.92 Å². The molecule has 0 bridgehead atoms. The van der Waals surface area contributed by atoms with Crippen molar-refractivity contribution in [2.24, 2.45) is 12.2 Å². The van der Waals surface area contributed by atoms with Gasteiger partial charge in [0.2, 0.25) is 0 Å². The lowest BCUT2D eigenvalue weighted by atomic mass is 10.2. The van der Waals surface area contributed by atoms with Gasteiger partial charge in [0.1, 0.15) is 22.9 Å². The Morgan fingerprint density at radius 1 is 1.19 bits per heavy atom. The highest BCUT2D eigenvalue weighted by Gasteiger charge is 2.28. The number of fused-ring (bicyclic) bond motifs is 2. The van der Waals surface area contributed by atoms with E-state index in [4.69, 9.17) is 5.14 Å². The van der Waals surface area contributed by atoms with Gasteiger partial charge < -0.3 is 14.5 Å². The largest absolute Gasteiger partial charge is 0.351 e. The molecule has 3 N–H and O–H groups in total. The van der Waals surface area contributed by atoms with Crippen molar-refractivity contribution in [2.45, 2.75) is 25.0 Å². The Morgan fingerprint density at radius 3 is 2.71 bits per heavy atom. The van der Waals surface area contributed by atoms with Gasteiger partial charge in [0.15, 0.2) is 5.03 Å². The number of primary sulfonamides is 1. The number of hydrogen-bond acceptors (Lipinski definition) is 5. The van der Waals surface area contributed by atoms with Crippen molar-refractivity contribution < 1.29 is 13.2 Å². The number of nitrogens with one attached hydrogen (secondary N) is 1. The normalized spacial score (nSPS) is 14.2. The van der Waals surface area contributed by atoms with Gasteiger partial charge in [0, 0.05) is 24.5 Å². The number of H-pyrrole nitrogens is 1. The summed E-state index contributed by atoms with van der Waals surface area (Å²) in [6, 6.07) is 11.4. The first-order chi connectivity index (χ1) is 14.7. The van der Waals surface area contributed by atoms with Crippen LogP contribution >= 0.6 is 0 Å². The number of amides is 1. The third kappa shape index (κ3) is 3.22. The number of carbonyl (C=O) groups excluding carboxylic acids is 1. The molecule has 0 atom stereocenters. The Morgan fingerprint density at radius 2 is 1.97 bits per heavy atom. The second-order valence-corrected chi connectivity index (χ2v) is 9.13. The van der Waals surface area contributed by atoms with Crippen LogP contribution in [-0.2, 0) is 30.2 Å². The lowest BCUT2D eigenvalue weighted by molar-refractivity contribution is 0.0701. The van der Waals surface area contributed by atoms with E-state index in [1.807, 2.05) is 30.3 Å². The maximum absolute atomic E-state index is 13.1. The van der Waals surface area contributed by atoms with Gasteiger partial charge in [-0.3, -0.25) is 9.48 Å². The van der Waals surface area contributed by atoms with Gasteiger partial charge in [-0.25, -0.2) is 18.5 Å². The number of rotatable bonds is 3. The molecule has 3 aromatic heterocycles. The topological polar surface area (TPSA) is 132 Å². The molecule has 1 aromatic carbocycles. The van der Waals surface area contributed by atoms with Crippen molar-refractivity contribution in [2.75, 3.05) is 6.54 Å². The lowest BCUT2D eigenvalue weighted by Crippen LogP contribution is -2.38. The highest BCUT2D eigenvalue weighted by Crippen LogP contribution is 2.28. The zero-order valence-corrected chi connectivity index (χ0v) is 17.8. The molecule has 0 spiro atoms. The lowest BCUT2D eigenvalue weighted by Gasteiger charge is -2.27. The van der Waals surface area contributed by atoms with E-state index in [0.717, 1.165) is 16.6 Å². The van der Waals surface area contributed by atoms with Crippen LogP contribution < -0.4 is 5.14 Å². The van der Waals surface area contributed by atoms with Crippen LogP contribution in [0.5, 0.6) is 0 Å². The predicted octanol–water partition coefficient (Wildman–Crippen LogP) is 1.38. The highest BCUT2D eigenvalue weighted by molar-refractivity contribution is 7.89. The average Bonchev–Trinajstić information content (AvgIpc) is 3.41. The fourth-order valence-electron chi connectivity index (χ4n) is 3.97. The molecule has 1 amide bonds. The van der Waals surface area contributed by atoms with Crippen LogP contribution in [0.2, 0.25) is 0 Å². The second-order valence-electron chi connectivity index (χ2n) is 7.66. The molecule has 0 unspecified atom stereocenters. The minimum Gasteiger partial charge on any atom is -0.351 e. The molecular formula is C20H21N7O3S. The summed E-state index contributed by atoms with van der Waals surface area (Å²) in [6.07, 6.45) is 0. The molecule has 1 aliphatic rings. The van der Waals surface area contributed by atoms with Crippen molar-refractivity contribution in [1.82, 2.24) is 29.2 Å². The molecule has 0 saturated carbocycles. The molecule has 5 rings (SSSR count). The smallest absolute Gasteiger partial charge is 0.270 e. The molecule has 1 aliphatic heterocycles. The number of benzene rings is 1. The molecule has 0 aliphatic carbocycles. The number of hydrogen-bond donors (Lipinski definition) is 2. The van der Waals surface area contributed by atoms with Crippen molar-refractivity contribution in [3.05, 3.63) is 53.6 Å². The molecule has 10 nitrogen and oxygen atoms in total. The number of para-hydroxylation sites is 1. The number of aryl methyl sites for hydroxylation is 1. The second kappa shape index (κ2) is 6.79. The number of nitrogens with zero attached hydrogens (tertiary/aromatic N) is 5. The number of sulfonamides is 1. The molecule has 11 heteroatoms. The standard InChI is InChI=1S/C20H21N7O3S/c1-12-22-19(31(21,29)30)18(25(12)2)16-10-14-11-26(7-8-27(14)24-16)20(28)17-9-13-5-3-4-6-15(13)23-17/h3-6,9-10,23H,7-8,11H2,1-2H3,(H2,21,29,30). The van der Waals surface area contributed by atoms with E-state index in [1.165, 1.54) is 0 Å². The summed E-state index contributed by atoms with van der Waals surface area (Å²) in [5.41, 5.74) is 3.06. The maximum atomic E-state index is 13.1. The molecule has 0 saturated heterocycles. The summed E-state index contributed by atoms with van der Waals surface area (Å²) in [5.74, 6) is 0.424. The molecule has 4 aromatic rings. The molecule has 31 heavy (non-hydrogen) atoms. The predicted molar refractivity (Wildman–Crippen MR) is 114 cm³/mol. The van der Waals surface area contributed by atoms with Crippen LogP contribution in [0.4, 0.5) is 0 Å². The number of aromatic amines is 1. The van der Waals surface area contributed by atoms with Gasteiger partial charge in [-0.1, -0.05) is 18.2 Å². The molecule has 160 valence electrons. The third-order valence-corrected chi connectivity index (χ3v) is 6.47. The van der Waals surface area contributed by atoms with E-state index in [9.17, 15) is 13.2 Å². The van der Waals surface area contributed by atoms with E-state index < -0.39 is 10.0 Å². The van der Waals surface area contributed by atoms with Crippen molar-refractivity contribution in [3.63, 3.8) is 0 Å². The average molecular weight is 440 g/mol. The SMILES string of the molecule is Cc1nc(S(N)(=O)=O)c(-c2cc3n(n2)CCN(C(=O)c2cc4ccccc4[nH]2)C3)n1C. The number of aromatic nitrogens is 5.